The fourth-order valence-corrected chi connectivity index (χ4v) is 8.22. The number of rotatable bonds is 18. The van der Waals surface area contributed by atoms with E-state index in [-0.39, 0.29) is 54.1 Å². The molecule has 21 nitrogen and oxygen atoms in total. The number of hydrogen-bond donors (Lipinski definition) is 8. The summed E-state index contributed by atoms with van der Waals surface area (Å²) in [6.07, 6.45) is 0.952. The molecule has 22 heteroatoms. The maximum Gasteiger partial charge on any atom is 0.274 e. The second-order valence-electron chi connectivity index (χ2n) is 18.1. The molecular formula is C49H64N12O9S. The molecule has 5 rings (SSSR count). The molecule has 0 saturated heterocycles. The molecule has 0 saturated carbocycles. The van der Waals surface area contributed by atoms with Crippen LogP contribution in [0.5, 0.6) is 11.5 Å². The molecule has 4 atom stereocenters. The number of amides is 5. The third-order valence-electron chi connectivity index (χ3n) is 11.6. The molecule has 0 fully saturated rings. The number of nitrogens with one attached hydrogen (secondary N) is 5. The molecule has 11 N–H and O–H groups in total. The van der Waals surface area contributed by atoms with Crippen molar-refractivity contribution < 1.29 is 41.9 Å². The first-order chi connectivity index (χ1) is 33.6. The van der Waals surface area contributed by atoms with Crippen LogP contribution < -0.4 is 52.1 Å². The van der Waals surface area contributed by atoms with Crippen molar-refractivity contribution in [2.24, 2.45) is 16.6 Å². The van der Waals surface area contributed by atoms with Crippen LogP contribution >= 0.6 is 0 Å². The third kappa shape index (κ3) is 14.5. The zero-order chi connectivity index (χ0) is 52.2. The summed E-state index contributed by atoms with van der Waals surface area (Å²) in [6.45, 7) is 10.9. The Balaban J connectivity index is 1.62. The molecule has 1 aromatic heterocycles. The first-order valence-electron chi connectivity index (χ1n) is 23.1. The zero-order valence-corrected chi connectivity index (χ0v) is 41.9. The minimum absolute atomic E-state index is 0.0212. The maximum absolute atomic E-state index is 14.9. The number of aromatic nitrogens is 2. The number of carbonyl (C=O) groups is 5. The molecule has 0 radical (unpaired) electrons. The first-order valence-corrected chi connectivity index (χ1v) is 24.6. The topological polar surface area (TPSA) is 329 Å². The van der Waals surface area contributed by atoms with Gasteiger partial charge in [-0.1, -0.05) is 57.2 Å². The summed E-state index contributed by atoms with van der Waals surface area (Å²) in [5, 5.41) is 25.0. The lowest BCUT2D eigenvalue weighted by Crippen LogP contribution is -2.57. The van der Waals surface area contributed by atoms with Crippen LogP contribution in [-0.4, -0.2) is 117 Å². The quantitative estimate of drug-likeness (QED) is 0.0517. The van der Waals surface area contributed by atoms with E-state index in [1.165, 1.54) is 14.0 Å². The normalized spacial score (nSPS) is 16.5. The number of carbonyl (C=O) groups excluding carboxylic acids is 5. The number of nitriles is 1. The van der Waals surface area contributed by atoms with Crippen LogP contribution in [0.2, 0.25) is 0 Å². The van der Waals surface area contributed by atoms with Crippen molar-refractivity contribution in [3.05, 3.63) is 94.3 Å². The maximum atomic E-state index is 14.9. The number of fused-ring (bicyclic) bond motifs is 5. The van der Waals surface area contributed by atoms with Crippen molar-refractivity contribution in [2.75, 3.05) is 46.4 Å². The second kappa shape index (κ2) is 24.2. The van der Waals surface area contributed by atoms with Crippen LogP contribution in [0.4, 0.5) is 0 Å². The number of nitrogens with zero attached hydrogens (tertiary/aromatic N) is 4. The summed E-state index contributed by atoms with van der Waals surface area (Å²) in [6, 6.07) is 13.7. The van der Waals surface area contributed by atoms with Gasteiger partial charge in [0.05, 0.1) is 36.2 Å². The molecule has 1 aliphatic rings. The van der Waals surface area contributed by atoms with Crippen molar-refractivity contribution >= 4 is 39.7 Å². The van der Waals surface area contributed by atoms with E-state index >= 15 is 0 Å². The zero-order valence-electron chi connectivity index (χ0n) is 41.1. The average molecular weight is 997 g/mol. The van der Waals surface area contributed by atoms with Gasteiger partial charge < -0.3 is 47.1 Å². The Bertz CT molecular complexity index is 2740. The summed E-state index contributed by atoms with van der Waals surface area (Å²) in [7, 11) is -3.17. The molecule has 0 aliphatic carbocycles. The molecule has 5 amide bonds. The van der Waals surface area contributed by atoms with Crippen LogP contribution in [0.25, 0.3) is 22.5 Å². The smallest absolute Gasteiger partial charge is 0.274 e. The molecule has 1 aliphatic heterocycles. The Morgan fingerprint density at radius 1 is 0.901 bits per heavy atom. The van der Waals surface area contributed by atoms with Gasteiger partial charge in [-0.05, 0) is 93.1 Å². The molecule has 380 valence electrons. The largest absolute Gasteiger partial charge is 0.493 e. The number of hydrogen-bond acceptors (Lipinski definition) is 14. The lowest BCUT2D eigenvalue weighted by atomic mass is 9.86. The molecule has 2 heterocycles. The lowest BCUT2D eigenvalue weighted by molar-refractivity contribution is -0.141. The monoisotopic (exact) mass is 996 g/mol. The van der Waals surface area contributed by atoms with Gasteiger partial charge >= 0.3 is 0 Å². The highest BCUT2D eigenvalue weighted by atomic mass is 32.2. The van der Waals surface area contributed by atoms with Crippen LogP contribution in [-0.2, 0) is 41.2 Å². The number of likely N-dealkylation sites (N-methyl/N-ethyl adjacent to an activating group) is 1. The standard InChI is InChI=1S/C49H64N12O9S/c1-28-41(29(2)57-43(56-28)32-11-14-34(15-12-32)49(4,5)6)46(64)60-38(27-55-71(53,67)68)48(66)61(7)42-33-13-17-40(70-23-9-19-51)36(26-33)35-24-31(10-16-39(35)69-22-8-18-50)25-37(45(63)54-21-20-52)59-44(62)30(3)58-47(42)65/h10-17,24,26,30,37-38,42,55H,8-9,18-19,21-23,25,27,50-51H2,1-7H3,(H,54,63)(H,58,65)(H,59,62)(H,60,64)(H2,53,67,68). The minimum atomic E-state index is -4.44. The van der Waals surface area contributed by atoms with E-state index in [4.69, 9.17) is 26.1 Å². The highest BCUT2D eigenvalue weighted by molar-refractivity contribution is 7.87. The van der Waals surface area contributed by atoms with Crippen molar-refractivity contribution in [3.8, 4) is 40.1 Å². The van der Waals surface area contributed by atoms with Gasteiger partial charge in [0, 0.05) is 36.7 Å². The van der Waals surface area contributed by atoms with Gasteiger partial charge in [-0.25, -0.2) is 15.1 Å². The average Bonchev–Trinajstić information content (AvgIpc) is 3.31. The molecule has 3 aromatic carbocycles. The Labute approximate surface area is 414 Å². The van der Waals surface area contributed by atoms with E-state index in [0.717, 1.165) is 10.5 Å². The summed E-state index contributed by atoms with van der Waals surface area (Å²) in [5.74, 6) is -3.00. The van der Waals surface area contributed by atoms with Gasteiger partial charge in [-0.3, -0.25) is 24.0 Å². The Morgan fingerprint density at radius 2 is 1.49 bits per heavy atom. The molecule has 4 bridgehead atoms. The van der Waals surface area contributed by atoms with E-state index in [1.54, 1.807) is 50.2 Å². The second-order valence-corrected chi connectivity index (χ2v) is 19.5. The summed E-state index contributed by atoms with van der Waals surface area (Å²) in [5.41, 5.74) is 15.5. The van der Waals surface area contributed by atoms with E-state index in [9.17, 15) is 37.7 Å². The van der Waals surface area contributed by atoms with Gasteiger partial charge in [-0.2, -0.15) is 18.4 Å². The van der Waals surface area contributed by atoms with Gasteiger partial charge in [0.25, 0.3) is 16.1 Å². The minimum Gasteiger partial charge on any atom is -0.493 e. The number of aryl methyl sites for hydroxylation is 2. The number of nitrogens with two attached hydrogens (primary N) is 3. The Hall–Kier alpha value is -7.03. The first kappa shape index (κ1) is 54.9. The highest BCUT2D eigenvalue weighted by Crippen LogP contribution is 2.40. The predicted molar refractivity (Wildman–Crippen MR) is 266 cm³/mol. The van der Waals surface area contributed by atoms with E-state index in [0.29, 0.717) is 65.5 Å². The van der Waals surface area contributed by atoms with Crippen molar-refractivity contribution in [1.29, 1.82) is 5.26 Å². The molecule has 4 unspecified atom stereocenters. The summed E-state index contributed by atoms with van der Waals surface area (Å²) >= 11 is 0. The van der Waals surface area contributed by atoms with E-state index in [2.05, 4.69) is 56.7 Å². The summed E-state index contributed by atoms with van der Waals surface area (Å²) < 4.78 is 39.2. The number of benzene rings is 3. The summed E-state index contributed by atoms with van der Waals surface area (Å²) in [4.78, 5) is 81.3. The van der Waals surface area contributed by atoms with Crippen LogP contribution in [0, 0.1) is 25.2 Å². The van der Waals surface area contributed by atoms with Gasteiger partial charge in [0.2, 0.25) is 23.6 Å². The van der Waals surface area contributed by atoms with Gasteiger partial charge in [0.15, 0.2) is 5.82 Å². The Kier molecular flexibility index (Phi) is 18.7. The lowest BCUT2D eigenvalue weighted by Gasteiger charge is -2.32. The fourth-order valence-electron chi connectivity index (χ4n) is 7.82. The third-order valence-corrected chi connectivity index (χ3v) is 12.2. The van der Waals surface area contributed by atoms with Crippen molar-refractivity contribution in [2.45, 2.75) is 90.4 Å². The molecule has 0 spiro atoms. The Morgan fingerprint density at radius 3 is 2.06 bits per heavy atom. The van der Waals surface area contributed by atoms with Crippen molar-refractivity contribution in [3.63, 3.8) is 0 Å². The van der Waals surface area contributed by atoms with Gasteiger partial charge in [-0.15, -0.1) is 0 Å². The SMILES string of the molecule is Cc1nc(-c2ccc(C(C)(C)C)cc2)nc(C)c1C(=O)NC(CNS(N)(=O)=O)C(=O)N(C)C1C(=O)NC(C)C(=O)NC(C(=O)NCC#N)Cc2ccc(OCCCN)c(c2)-c2cc1ccc2OCCCN. The van der Waals surface area contributed by atoms with Gasteiger partial charge in [0.1, 0.15) is 42.2 Å². The van der Waals surface area contributed by atoms with E-state index in [1.807, 2.05) is 30.3 Å². The number of ether oxygens (including phenoxy) is 2. The van der Waals surface area contributed by atoms with Crippen LogP contribution in [0.3, 0.4) is 0 Å². The molecule has 71 heavy (non-hydrogen) atoms. The molecule has 4 aromatic rings. The highest BCUT2D eigenvalue weighted by Gasteiger charge is 2.37. The van der Waals surface area contributed by atoms with E-state index < -0.39 is 70.5 Å². The fraction of sp³-hybridized carbons (Fsp3) is 0.429. The van der Waals surface area contributed by atoms with Crippen LogP contribution in [0.15, 0.2) is 60.7 Å². The van der Waals surface area contributed by atoms with Crippen LogP contribution in [0.1, 0.15) is 85.0 Å². The molecular weight excluding hydrogens is 933 g/mol. The van der Waals surface area contributed by atoms with Crippen molar-refractivity contribution in [1.82, 2.24) is 40.9 Å². The predicted octanol–water partition coefficient (Wildman–Crippen LogP) is 1.46.